The lowest BCUT2D eigenvalue weighted by Gasteiger charge is -2.23. The van der Waals surface area contributed by atoms with Gasteiger partial charge in [-0.3, -0.25) is 9.59 Å². The van der Waals surface area contributed by atoms with Gasteiger partial charge in [-0.1, -0.05) is 0 Å². The zero-order valence-corrected chi connectivity index (χ0v) is 17.2. The molecular weight excluding hydrogens is 389 g/mol. The smallest absolute Gasteiger partial charge is 0.279 e. The van der Waals surface area contributed by atoms with Gasteiger partial charge in [0.2, 0.25) is 0 Å². The highest BCUT2D eigenvalue weighted by Crippen LogP contribution is 2.36. The molecule has 8 heteroatoms. The third-order valence-electron chi connectivity index (χ3n) is 5.12. The summed E-state index contributed by atoms with van der Waals surface area (Å²) in [6.45, 7) is 2.40. The second-order valence-electron chi connectivity index (χ2n) is 7.25. The van der Waals surface area contributed by atoms with Gasteiger partial charge in [0.05, 0.1) is 38.7 Å². The molecule has 3 N–H and O–H groups in total. The van der Waals surface area contributed by atoms with E-state index in [0.29, 0.717) is 35.0 Å². The summed E-state index contributed by atoms with van der Waals surface area (Å²) in [6.07, 6.45) is 3.51. The third kappa shape index (κ3) is 5.48. The van der Waals surface area contributed by atoms with E-state index in [9.17, 15) is 14.0 Å². The van der Waals surface area contributed by atoms with Crippen molar-refractivity contribution in [2.24, 2.45) is 0 Å². The summed E-state index contributed by atoms with van der Waals surface area (Å²) in [5.74, 6) is -0.174. The minimum absolute atomic E-state index is 0.102. The molecule has 0 saturated carbocycles. The van der Waals surface area contributed by atoms with Gasteiger partial charge in [0.1, 0.15) is 17.3 Å². The molecule has 30 heavy (non-hydrogen) atoms. The van der Waals surface area contributed by atoms with E-state index in [2.05, 4.69) is 10.6 Å². The Morgan fingerprint density at radius 3 is 2.07 bits per heavy atom. The molecular formula is C22H27FN3O4+. The molecule has 0 bridgehead atoms. The van der Waals surface area contributed by atoms with E-state index in [1.165, 1.54) is 49.8 Å². The Labute approximate surface area is 175 Å². The molecule has 2 aromatic rings. The van der Waals surface area contributed by atoms with E-state index in [0.717, 1.165) is 25.9 Å². The number of hydrogen-bond acceptors (Lipinski definition) is 4. The molecule has 1 heterocycles. The van der Waals surface area contributed by atoms with Crippen LogP contribution in [0.5, 0.6) is 11.5 Å². The van der Waals surface area contributed by atoms with Gasteiger partial charge in [-0.05, 0) is 43.5 Å². The average Bonchev–Trinajstić information content (AvgIpc) is 2.75. The zero-order chi connectivity index (χ0) is 21.5. The summed E-state index contributed by atoms with van der Waals surface area (Å²) in [5.41, 5.74) is 1.15. The van der Waals surface area contributed by atoms with Crippen molar-refractivity contribution < 1.29 is 28.4 Å². The van der Waals surface area contributed by atoms with Gasteiger partial charge >= 0.3 is 0 Å². The second-order valence-corrected chi connectivity index (χ2v) is 7.25. The van der Waals surface area contributed by atoms with Crippen molar-refractivity contribution in [1.82, 2.24) is 0 Å². The molecule has 7 nitrogen and oxygen atoms in total. The van der Waals surface area contributed by atoms with Crippen molar-refractivity contribution >= 4 is 23.2 Å². The highest BCUT2D eigenvalue weighted by atomic mass is 19.1. The van der Waals surface area contributed by atoms with Crippen LogP contribution in [-0.2, 0) is 4.79 Å². The summed E-state index contributed by atoms with van der Waals surface area (Å²) in [6, 6.07) is 8.43. The number of ether oxygens (including phenoxy) is 2. The number of halogens is 1. The van der Waals surface area contributed by atoms with E-state index >= 15 is 0 Å². The molecule has 1 fully saturated rings. The molecule has 0 atom stereocenters. The zero-order valence-electron chi connectivity index (χ0n) is 17.2. The quantitative estimate of drug-likeness (QED) is 0.646. The molecule has 3 rings (SSSR count). The number of carbonyl (C=O) groups is 2. The van der Waals surface area contributed by atoms with Crippen LogP contribution in [0.3, 0.4) is 0 Å². The molecule has 2 aromatic carbocycles. The standard InChI is InChI=1S/C22H26FN3O4/c1-29-19-13-18(25-22(28)15-6-8-16(23)9-7-15)20(30-2)12-17(19)24-21(27)14-26-10-4-3-5-11-26/h6-9,12-13H,3-5,10-11,14H2,1-2H3,(H,24,27)(H,25,28)/p+1. The molecule has 0 aromatic heterocycles. The maximum atomic E-state index is 13.1. The van der Waals surface area contributed by atoms with Crippen LogP contribution in [-0.4, -0.2) is 45.7 Å². The number of anilines is 2. The Morgan fingerprint density at radius 1 is 0.933 bits per heavy atom. The number of benzene rings is 2. The normalized spacial score (nSPS) is 14.1. The summed E-state index contributed by atoms with van der Waals surface area (Å²) in [5, 5.41) is 5.62. The molecule has 0 aliphatic carbocycles. The van der Waals surface area contributed by atoms with Crippen molar-refractivity contribution in [2.75, 3.05) is 44.5 Å². The lowest BCUT2D eigenvalue weighted by molar-refractivity contribution is -0.896. The Hall–Kier alpha value is -3.13. The monoisotopic (exact) mass is 416 g/mol. The van der Waals surface area contributed by atoms with Crippen molar-refractivity contribution in [3.05, 3.63) is 47.8 Å². The number of piperidine rings is 1. The number of hydrogen-bond donors (Lipinski definition) is 3. The van der Waals surface area contributed by atoms with Gasteiger partial charge < -0.3 is 25.0 Å². The molecule has 1 aliphatic rings. The molecule has 1 saturated heterocycles. The number of carbonyl (C=O) groups excluding carboxylic acids is 2. The lowest BCUT2D eigenvalue weighted by atomic mass is 10.1. The first-order valence-corrected chi connectivity index (χ1v) is 9.96. The van der Waals surface area contributed by atoms with Gasteiger partial charge in [0.25, 0.3) is 11.8 Å². The summed E-state index contributed by atoms with van der Waals surface area (Å²) >= 11 is 0. The molecule has 0 unspecified atom stereocenters. The minimum Gasteiger partial charge on any atom is -0.494 e. The van der Waals surface area contributed by atoms with Crippen LogP contribution >= 0.6 is 0 Å². The number of nitrogens with one attached hydrogen (secondary N) is 3. The Bertz CT molecular complexity index is 896. The van der Waals surface area contributed by atoms with Gasteiger partial charge in [-0.25, -0.2) is 4.39 Å². The first-order chi connectivity index (χ1) is 14.5. The predicted octanol–water partition coefficient (Wildman–Crippen LogP) is 2.10. The third-order valence-corrected chi connectivity index (χ3v) is 5.12. The maximum absolute atomic E-state index is 13.1. The number of likely N-dealkylation sites (tertiary alicyclic amines) is 1. The Balaban J connectivity index is 1.75. The fourth-order valence-electron chi connectivity index (χ4n) is 3.54. The predicted molar refractivity (Wildman–Crippen MR) is 112 cm³/mol. The van der Waals surface area contributed by atoms with Crippen molar-refractivity contribution in [2.45, 2.75) is 19.3 Å². The Kier molecular flexibility index (Phi) is 7.24. The van der Waals surface area contributed by atoms with Crippen LogP contribution < -0.4 is 25.0 Å². The number of rotatable bonds is 7. The van der Waals surface area contributed by atoms with Crippen molar-refractivity contribution in [1.29, 1.82) is 0 Å². The van der Waals surface area contributed by atoms with Crippen LogP contribution in [0, 0.1) is 5.82 Å². The van der Waals surface area contributed by atoms with Crippen LogP contribution in [0.15, 0.2) is 36.4 Å². The SMILES string of the molecule is COc1cc(NC(=O)c2ccc(F)cc2)c(OC)cc1NC(=O)C[NH+]1CCCCC1. The summed E-state index contributed by atoms with van der Waals surface area (Å²) < 4.78 is 23.9. The molecule has 2 amide bonds. The van der Waals surface area contributed by atoms with Gasteiger partial charge in [-0.15, -0.1) is 0 Å². The molecule has 1 aliphatic heterocycles. The van der Waals surface area contributed by atoms with Gasteiger partial charge in [0, 0.05) is 17.7 Å². The topological polar surface area (TPSA) is 81.1 Å². The first-order valence-electron chi connectivity index (χ1n) is 9.96. The Morgan fingerprint density at radius 2 is 1.50 bits per heavy atom. The maximum Gasteiger partial charge on any atom is 0.279 e. The highest BCUT2D eigenvalue weighted by molar-refractivity contribution is 6.05. The fraction of sp³-hybridized carbons (Fsp3) is 0.364. The van der Waals surface area contributed by atoms with E-state index in [1.54, 1.807) is 12.1 Å². The fourth-order valence-corrected chi connectivity index (χ4v) is 3.54. The van der Waals surface area contributed by atoms with Gasteiger partial charge in [-0.2, -0.15) is 0 Å². The van der Waals surface area contributed by atoms with Crippen molar-refractivity contribution in [3.8, 4) is 11.5 Å². The number of quaternary nitrogens is 1. The summed E-state index contributed by atoms with van der Waals surface area (Å²) in [7, 11) is 2.96. The van der Waals surface area contributed by atoms with Crippen LogP contribution in [0.25, 0.3) is 0 Å². The highest BCUT2D eigenvalue weighted by Gasteiger charge is 2.20. The average molecular weight is 416 g/mol. The number of amides is 2. The summed E-state index contributed by atoms with van der Waals surface area (Å²) in [4.78, 5) is 26.2. The second kappa shape index (κ2) is 10.1. The molecule has 0 spiro atoms. The first kappa shape index (κ1) is 21.6. The largest absolute Gasteiger partial charge is 0.494 e. The van der Waals surface area contributed by atoms with E-state index in [4.69, 9.17) is 9.47 Å². The van der Waals surface area contributed by atoms with E-state index in [1.807, 2.05) is 0 Å². The van der Waals surface area contributed by atoms with Crippen LogP contribution in [0.4, 0.5) is 15.8 Å². The molecule has 0 radical (unpaired) electrons. The molecule has 160 valence electrons. The lowest BCUT2D eigenvalue weighted by Crippen LogP contribution is -3.13. The van der Waals surface area contributed by atoms with Crippen molar-refractivity contribution in [3.63, 3.8) is 0 Å². The van der Waals surface area contributed by atoms with Crippen LogP contribution in [0.2, 0.25) is 0 Å². The minimum atomic E-state index is -0.419. The van der Waals surface area contributed by atoms with Crippen LogP contribution in [0.1, 0.15) is 29.6 Å². The number of methoxy groups -OCH3 is 2. The van der Waals surface area contributed by atoms with E-state index in [-0.39, 0.29) is 5.91 Å². The van der Waals surface area contributed by atoms with Gasteiger partial charge in [0.15, 0.2) is 6.54 Å². The van der Waals surface area contributed by atoms with E-state index < -0.39 is 11.7 Å².